The Hall–Kier alpha value is -4.39. The number of rotatable bonds is 5. The number of hydrogen-bond acceptors (Lipinski definition) is 5. The van der Waals surface area contributed by atoms with Crippen molar-refractivity contribution in [3.63, 3.8) is 0 Å². The number of methoxy groups -OCH3 is 1. The van der Waals surface area contributed by atoms with Gasteiger partial charge in [-0.05, 0) is 59.2 Å². The van der Waals surface area contributed by atoms with E-state index in [4.69, 9.17) is 27.9 Å². The molecule has 4 aromatic carbocycles. The van der Waals surface area contributed by atoms with Gasteiger partial charge in [0.2, 0.25) is 5.91 Å². The third-order valence-electron chi connectivity index (χ3n) is 8.67. The molecular formula is C34H24Cl2N2O4. The van der Waals surface area contributed by atoms with Crippen molar-refractivity contribution < 1.29 is 19.1 Å². The van der Waals surface area contributed by atoms with Crippen molar-refractivity contribution in [2.45, 2.75) is 17.5 Å². The Morgan fingerprint density at radius 1 is 0.905 bits per heavy atom. The van der Waals surface area contributed by atoms with Crippen molar-refractivity contribution in [1.82, 2.24) is 4.90 Å². The number of carbonyl (C=O) groups excluding carboxylic acids is 3. The lowest BCUT2D eigenvalue weighted by atomic mass is 9.62. The number of amides is 1. The van der Waals surface area contributed by atoms with Crippen LogP contribution in [0.2, 0.25) is 10.0 Å². The van der Waals surface area contributed by atoms with Crippen molar-refractivity contribution in [2.75, 3.05) is 12.4 Å². The van der Waals surface area contributed by atoms with E-state index in [1.54, 1.807) is 36.4 Å². The third-order valence-corrected chi connectivity index (χ3v) is 9.22. The van der Waals surface area contributed by atoms with Gasteiger partial charge in [-0.25, -0.2) is 0 Å². The highest BCUT2D eigenvalue weighted by Crippen LogP contribution is 2.62. The number of nitrogens with one attached hydrogen (secondary N) is 1. The van der Waals surface area contributed by atoms with Crippen LogP contribution in [-0.2, 0) is 10.2 Å². The SMILES string of the molecule is COc1cccc(C(=O)[C@@H]2[C@H](C(=O)c3ccc(Cl)cc3Cl)[C@@]3(C(=O)Nc4ccccc43)[C@@H]3c4ccccc4C=CN23)c1. The summed E-state index contributed by atoms with van der Waals surface area (Å²) in [6.07, 6.45) is 3.76. The van der Waals surface area contributed by atoms with E-state index in [-0.39, 0.29) is 22.3 Å². The lowest BCUT2D eigenvalue weighted by molar-refractivity contribution is -0.122. The summed E-state index contributed by atoms with van der Waals surface area (Å²) in [5, 5.41) is 3.57. The first kappa shape index (κ1) is 26.5. The molecule has 1 spiro atoms. The second kappa shape index (κ2) is 9.86. The molecule has 4 atom stereocenters. The largest absolute Gasteiger partial charge is 0.497 e. The molecule has 0 unspecified atom stereocenters. The molecule has 3 aliphatic heterocycles. The molecule has 0 bridgehead atoms. The fourth-order valence-electron chi connectivity index (χ4n) is 6.97. The number of anilines is 1. The summed E-state index contributed by atoms with van der Waals surface area (Å²) in [5.74, 6) is -1.68. The fraction of sp³-hybridized carbons (Fsp3) is 0.147. The van der Waals surface area contributed by atoms with Gasteiger partial charge < -0.3 is 15.0 Å². The summed E-state index contributed by atoms with van der Waals surface area (Å²) < 4.78 is 5.41. The van der Waals surface area contributed by atoms with Crippen molar-refractivity contribution in [3.05, 3.63) is 135 Å². The van der Waals surface area contributed by atoms with Gasteiger partial charge in [-0.1, -0.05) is 77.8 Å². The topological polar surface area (TPSA) is 75.7 Å². The molecule has 1 N–H and O–H groups in total. The summed E-state index contributed by atoms with van der Waals surface area (Å²) in [6.45, 7) is 0. The minimum Gasteiger partial charge on any atom is -0.497 e. The highest BCUT2D eigenvalue weighted by Gasteiger charge is 2.70. The van der Waals surface area contributed by atoms with Crippen molar-refractivity contribution in [2.24, 2.45) is 5.92 Å². The van der Waals surface area contributed by atoms with Crippen LogP contribution in [0, 0.1) is 5.92 Å². The van der Waals surface area contributed by atoms with Gasteiger partial charge in [0.1, 0.15) is 17.2 Å². The summed E-state index contributed by atoms with van der Waals surface area (Å²) in [5.41, 5.74) is 2.17. The Morgan fingerprint density at radius 2 is 1.69 bits per heavy atom. The summed E-state index contributed by atoms with van der Waals surface area (Å²) in [7, 11) is 1.53. The highest BCUT2D eigenvalue weighted by molar-refractivity contribution is 6.37. The summed E-state index contributed by atoms with van der Waals surface area (Å²) in [4.78, 5) is 45.9. The number of fused-ring (bicyclic) bond motifs is 6. The zero-order valence-electron chi connectivity index (χ0n) is 22.4. The zero-order valence-corrected chi connectivity index (χ0v) is 23.9. The maximum Gasteiger partial charge on any atom is 0.238 e. The number of ether oxygens (including phenoxy) is 1. The molecular weight excluding hydrogens is 571 g/mol. The zero-order chi connectivity index (χ0) is 29.2. The van der Waals surface area contributed by atoms with Crippen LogP contribution in [0.25, 0.3) is 6.08 Å². The standard InChI is InChI=1S/C34H24Cl2N2O4/c1-42-22-9-6-8-20(17-22)30(39)29-28(31(40)24-14-13-21(35)18-26(24)36)34(25-11-4-5-12-27(25)37-33(34)41)32-23-10-3-2-7-19(23)15-16-38(29)32/h2-18,28-29,32H,1H3,(H,37,41)/t28-,29+,32+,34-/m1/s1. The van der Waals surface area contributed by atoms with Crippen LogP contribution >= 0.6 is 23.2 Å². The van der Waals surface area contributed by atoms with E-state index in [0.29, 0.717) is 27.6 Å². The number of benzene rings is 4. The van der Waals surface area contributed by atoms with Crippen LogP contribution in [0.1, 0.15) is 43.4 Å². The second-order valence-electron chi connectivity index (χ2n) is 10.7. The van der Waals surface area contributed by atoms with Gasteiger partial charge >= 0.3 is 0 Å². The van der Waals surface area contributed by atoms with Crippen LogP contribution in [0.5, 0.6) is 5.75 Å². The molecule has 3 aliphatic rings. The van der Waals surface area contributed by atoms with Crippen LogP contribution in [0.15, 0.2) is 97.2 Å². The fourth-order valence-corrected chi connectivity index (χ4v) is 7.47. The maximum atomic E-state index is 14.9. The summed E-state index contributed by atoms with van der Waals surface area (Å²) in [6, 6.07) is 25.0. The summed E-state index contributed by atoms with van der Waals surface area (Å²) >= 11 is 12.8. The first-order valence-electron chi connectivity index (χ1n) is 13.5. The minimum absolute atomic E-state index is 0.155. The Balaban J connectivity index is 1.54. The number of ketones is 2. The van der Waals surface area contributed by atoms with Crippen LogP contribution in [0.3, 0.4) is 0 Å². The number of halogens is 2. The van der Waals surface area contributed by atoms with Gasteiger partial charge in [0, 0.05) is 28.0 Å². The average molecular weight is 595 g/mol. The number of para-hydroxylation sites is 1. The molecule has 0 aromatic heterocycles. The molecule has 42 heavy (non-hydrogen) atoms. The van der Waals surface area contributed by atoms with E-state index in [1.807, 2.05) is 65.7 Å². The quantitative estimate of drug-likeness (QED) is 0.252. The van der Waals surface area contributed by atoms with Crippen molar-refractivity contribution >= 4 is 52.4 Å². The van der Waals surface area contributed by atoms with E-state index in [9.17, 15) is 14.4 Å². The average Bonchev–Trinajstić information content (AvgIpc) is 3.48. The van der Waals surface area contributed by atoms with Gasteiger partial charge in [-0.15, -0.1) is 0 Å². The van der Waals surface area contributed by atoms with Gasteiger partial charge in [0.05, 0.1) is 24.1 Å². The van der Waals surface area contributed by atoms with E-state index in [0.717, 1.165) is 11.1 Å². The predicted molar refractivity (Wildman–Crippen MR) is 162 cm³/mol. The van der Waals surface area contributed by atoms with Crippen molar-refractivity contribution in [1.29, 1.82) is 0 Å². The van der Waals surface area contributed by atoms with E-state index in [1.165, 1.54) is 13.2 Å². The number of hydrogen-bond donors (Lipinski definition) is 1. The highest BCUT2D eigenvalue weighted by atomic mass is 35.5. The monoisotopic (exact) mass is 594 g/mol. The molecule has 1 saturated heterocycles. The van der Waals surface area contributed by atoms with Gasteiger partial charge in [-0.2, -0.15) is 0 Å². The Kier molecular flexibility index (Phi) is 6.22. The first-order valence-corrected chi connectivity index (χ1v) is 14.2. The van der Waals surface area contributed by atoms with Gasteiger partial charge in [0.25, 0.3) is 0 Å². The Bertz CT molecular complexity index is 1840. The molecule has 208 valence electrons. The Morgan fingerprint density at radius 3 is 2.50 bits per heavy atom. The van der Waals surface area contributed by atoms with E-state index >= 15 is 0 Å². The maximum absolute atomic E-state index is 14.9. The molecule has 8 heteroatoms. The second-order valence-corrected chi connectivity index (χ2v) is 11.5. The molecule has 7 rings (SSSR count). The Labute approximate surface area is 252 Å². The molecule has 6 nitrogen and oxygen atoms in total. The van der Waals surface area contributed by atoms with Crippen molar-refractivity contribution in [3.8, 4) is 5.75 Å². The molecule has 0 radical (unpaired) electrons. The number of nitrogens with zero attached hydrogens (tertiary/aromatic N) is 1. The third kappa shape index (κ3) is 3.68. The molecule has 0 aliphatic carbocycles. The lowest BCUT2D eigenvalue weighted by Crippen LogP contribution is -2.49. The number of carbonyl (C=O) groups is 3. The minimum atomic E-state index is -1.45. The number of Topliss-reactive ketones (excluding diaryl/α,β-unsaturated/α-hetero) is 2. The molecule has 3 heterocycles. The van der Waals surface area contributed by atoms with E-state index < -0.39 is 29.2 Å². The predicted octanol–water partition coefficient (Wildman–Crippen LogP) is 6.98. The molecule has 0 saturated carbocycles. The smallest absolute Gasteiger partial charge is 0.238 e. The lowest BCUT2D eigenvalue weighted by Gasteiger charge is -2.38. The first-order chi connectivity index (χ1) is 20.4. The van der Waals surface area contributed by atoms with Gasteiger partial charge in [0.15, 0.2) is 11.6 Å². The normalized spacial score (nSPS) is 23.3. The molecule has 4 aromatic rings. The van der Waals surface area contributed by atoms with Crippen LogP contribution in [-0.4, -0.2) is 35.5 Å². The van der Waals surface area contributed by atoms with E-state index in [2.05, 4.69) is 5.32 Å². The van der Waals surface area contributed by atoms with Crippen LogP contribution in [0.4, 0.5) is 5.69 Å². The molecule has 1 fully saturated rings. The van der Waals surface area contributed by atoms with Crippen LogP contribution < -0.4 is 10.1 Å². The molecule has 1 amide bonds. The van der Waals surface area contributed by atoms with Gasteiger partial charge in [-0.3, -0.25) is 14.4 Å².